The summed E-state index contributed by atoms with van der Waals surface area (Å²) in [5.41, 5.74) is 2.49. The zero-order valence-electron chi connectivity index (χ0n) is 16.8. The summed E-state index contributed by atoms with van der Waals surface area (Å²) in [7, 11) is 0. The Labute approximate surface area is 171 Å². The maximum atomic E-state index is 12.5. The number of Topliss-reactive ketones (excluding diaryl/α,β-unsaturated/α-hetero) is 1. The first-order valence-corrected chi connectivity index (χ1v) is 10.3. The first kappa shape index (κ1) is 19.6. The number of nitrogens with zero attached hydrogens (tertiary/aromatic N) is 3. The van der Waals surface area contributed by atoms with Crippen LogP contribution >= 0.6 is 0 Å². The van der Waals surface area contributed by atoms with Gasteiger partial charge in [0.15, 0.2) is 0 Å². The number of piperazine rings is 1. The Hall–Kier alpha value is -2.70. The van der Waals surface area contributed by atoms with Crippen LogP contribution < -0.4 is 9.64 Å². The smallest absolute Gasteiger partial charge is 0.299 e. The number of hydrogen-bond donors (Lipinski definition) is 0. The summed E-state index contributed by atoms with van der Waals surface area (Å²) in [5, 5.41) is 0. The van der Waals surface area contributed by atoms with Crippen LogP contribution in [0.15, 0.2) is 48.5 Å². The molecule has 0 atom stereocenters. The Morgan fingerprint density at radius 1 is 0.897 bits per heavy atom. The normalized spacial score (nSPS) is 17.6. The molecule has 0 radical (unpaired) electrons. The van der Waals surface area contributed by atoms with Gasteiger partial charge in [0.2, 0.25) is 0 Å². The van der Waals surface area contributed by atoms with Crippen molar-refractivity contribution in [1.82, 2.24) is 9.80 Å². The van der Waals surface area contributed by atoms with Crippen LogP contribution in [-0.4, -0.2) is 67.4 Å². The first-order chi connectivity index (χ1) is 14.2. The molecule has 1 amide bonds. The molecule has 1 saturated heterocycles. The van der Waals surface area contributed by atoms with E-state index in [2.05, 4.69) is 34.1 Å². The molecule has 0 aliphatic carbocycles. The van der Waals surface area contributed by atoms with Crippen molar-refractivity contribution in [2.45, 2.75) is 13.5 Å². The van der Waals surface area contributed by atoms with Crippen LogP contribution in [0.3, 0.4) is 0 Å². The van der Waals surface area contributed by atoms with Crippen molar-refractivity contribution in [3.63, 3.8) is 0 Å². The highest BCUT2D eigenvalue weighted by molar-refractivity contribution is 6.52. The molecule has 2 aliphatic heterocycles. The van der Waals surface area contributed by atoms with E-state index in [9.17, 15) is 9.59 Å². The third kappa shape index (κ3) is 4.33. The highest BCUT2D eigenvalue weighted by atomic mass is 16.5. The second kappa shape index (κ2) is 8.76. The lowest BCUT2D eigenvalue weighted by atomic mass is 10.1. The Bertz CT molecular complexity index is 876. The molecule has 152 valence electrons. The van der Waals surface area contributed by atoms with Crippen LogP contribution in [0.4, 0.5) is 5.69 Å². The molecule has 2 aliphatic rings. The molecule has 0 spiro atoms. The molecule has 0 unspecified atom stereocenters. The average Bonchev–Trinajstić information content (AvgIpc) is 2.98. The second-order valence-corrected chi connectivity index (χ2v) is 7.50. The van der Waals surface area contributed by atoms with Crippen LogP contribution in [0.25, 0.3) is 0 Å². The fourth-order valence-corrected chi connectivity index (χ4v) is 4.01. The van der Waals surface area contributed by atoms with Gasteiger partial charge in [0, 0.05) is 45.8 Å². The number of carbonyl (C=O) groups excluding carboxylic acids is 2. The van der Waals surface area contributed by atoms with Gasteiger partial charge in [-0.3, -0.25) is 19.4 Å². The maximum Gasteiger partial charge on any atom is 0.299 e. The summed E-state index contributed by atoms with van der Waals surface area (Å²) in [6, 6.07) is 15.9. The van der Waals surface area contributed by atoms with Crippen molar-refractivity contribution in [1.29, 1.82) is 0 Å². The van der Waals surface area contributed by atoms with E-state index in [4.69, 9.17) is 4.74 Å². The van der Waals surface area contributed by atoms with Crippen molar-refractivity contribution < 1.29 is 14.3 Å². The molecule has 0 saturated carbocycles. The van der Waals surface area contributed by atoms with Crippen molar-refractivity contribution in [3.05, 3.63) is 59.7 Å². The van der Waals surface area contributed by atoms with E-state index in [1.54, 1.807) is 11.0 Å². The summed E-state index contributed by atoms with van der Waals surface area (Å²) in [4.78, 5) is 31.3. The molecular formula is C23H27N3O3. The number of benzene rings is 2. The molecule has 2 aromatic carbocycles. The number of fused-ring (bicyclic) bond motifs is 1. The average molecular weight is 393 g/mol. The lowest BCUT2D eigenvalue weighted by Crippen LogP contribution is -2.48. The number of amides is 1. The largest absolute Gasteiger partial charge is 0.494 e. The van der Waals surface area contributed by atoms with Gasteiger partial charge in [0.1, 0.15) is 5.75 Å². The van der Waals surface area contributed by atoms with Gasteiger partial charge in [0.25, 0.3) is 11.7 Å². The van der Waals surface area contributed by atoms with Crippen LogP contribution in [0.1, 0.15) is 22.8 Å². The summed E-state index contributed by atoms with van der Waals surface area (Å²) < 4.78 is 5.46. The van der Waals surface area contributed by atoms with Crippen molar-refractivity contribution in [2.24, 2.45) is 0 Å². The number of ether oxygens (including phenoxy) is 1. The van der Waals surface area contributed by atoms with Gasteiger partial charge in [-0.05, 0) is 30.7 Å². The van der Waals surface area contributed by atoms with Crippen LogP contribution in [0, 0.1) is 0 Å². The van der Waals surface area contributed by atoms with Gasteiger partial charge in [-0.2, -0.15) is 0 Å². The van der Waals surface area contributed by atoms with Gasteiger partial charge in [0.05, 0.1) is 17.9 Å². The number of rotatable bonds is 7. The third-order valence-electron chi connectivity index (χ3n) is 5.61. The minimum atomic E-state index is -0.436. The lowest BCUT2D eigenvalue weighted by molar-refractivity contribution is -0.114. The van der Waals surface area contributed by atoms with Crippen molar-refractivity contribution >= 4 is 17.4 Å². The SMILES string of the molecule is CCOc1ccc2c(c1)C(=O)C(=O)N2CCN1CCN(Cc2ccccc2)CC1. The van der Waals surface area contributed by atoms with Gasteiger partial charge < -0.3 is 9.64 Å². The molecule has 29 heavy (non-hydrogen) atoms. The predicted octanol–water partition coefficient (Wildman–Crippen LogP) is 2.43. The van der Waals surface area contributed by atoms with Gasteiger partial charge in [-0.1, -0.05) is 30.3 Å². The van der Waals surface area contributed by atoms with Gasteiger partial charge in [-0.15, -0.1) is 0 Å². The maximum absolute atomic E-state index is 12.5. The summed E-state index contributed by atoms with van der Waals surface area (Å²) in [6.07, 6.45) is 0. The van der Waals surface area contributed by atoms with E-state index in [1.165, 1.54) is 5.56 Å². The number of hydrogen-bond acceptors (Lipinski definition) is 5. The molecule has 0 bridgehead atoms. The van der Waals surface area contributed by atoms with E-state index < -0.39 is 11.7 Å². The van der Waals surface area contributed by atoms with Crippen LogP contribution in [0.5, 0.6) is 5.75 Å². The molecule has 6 heteroatoms. The van der Waals surface area contributed by atoms with E-state index in [1.807, 2.05) is 25.1 Å². The van der Waals surface area contributed by atoms with Crippen molar-refractivity contribution in [2.75, 3.05) is 50.8 Å². The monoisotopic (exact) mass is 393 g/mol. The van der Waals surface area contributed by atoms with Gasteiger partial charge >= 0.3 is 0 Å². The highest BCUT2D eigenvalue weighted by Gasteiger charge is 2.36. The van der Waals surface area contributed by atoms with Crippen LogP contribution in [-0.2, 0) is 11.3 Å². The summed E-state index contributed by atoms with van der Waals surface area (Å²) in [6.45, 7) is 8.66. The molecule has 1 fully saturated rings. The quantitative estimate of drug-likeness (QED) is 0.677. The van der Waals surface area contributed by atoms with Crippen LogP contribution in [0.2, 0.25) is 0 Å². The van der Waals surface area contributed by atoms with Crippen molar-refractivity contribution in [3.8, 4) is 5.75 Å². The minimum absolute atomic E-state index is 0.434. The minimum Gasteiger partial charge on any atom is -0.494 e. The fraction of sp³-hybridized carbons (Fsp3) is 0.391. The Kier molecular flexibility index (Phi) is 5.92. The second-order valence-electron chi connectivity index (χ2n) is 7.50. The summed E-state index contributed by atoms with van der Waals surface area (Å²) >= 11 is 0. The number of carbonyl (C=O) groups is 2. The molecule has 6 nitrogen and oxygen atoms in total. The molecular weight excluding hydrogens is 366 g/mol. The Morgan fingerprint density at radius 3 is 2.34 bits per heavy atom. The Morgan fingerprint density at radius 2 is 1.62 bits per heavy atom. The Balaban J connectivity index is 1.31. The van der Waals surface area contributed by atoms with E-state index in [0.717, 1.165) is 39.3 Å². The third-order valence-corrected chi connectivity index (χ3v) is 5.61. The highest BCUT2D eigenvalue weighted by Crippen LogP contribution is 2.32. The molecule has 0 aromatic heterocycles. The lowest BCUT2D eigenvalue weighted by Gasteiger charge is -2.35. The molecule has 0 N–H and O–H groups in total. The van der Waals surface area contributed by atoms with Gasteiger partial charge in [-0.25, -0.2) is 0 Å². The number of anilines is 1. The standard InChI is InChI=1S/C23H27N3O3/c1-2-29-19-8-9-21-20(16-19)22(27)23(28)26(21)15-14-24-10-12-25(13-11-24)17-18-6-4-3-5-7-18/h3-9,16H,2,10-15,17H2,1H3. The van der Waals surface area contributed by atoms with E-state index >= 15 is 0 Å². The first-order valence-electron chi connectivity index (χ1n) is 10.3. The summed E-state index contributed by atoms with van der Waals surface area (Å²) in [5.74, 6) is -0.241. The molecule has 2 heterocycles. The van der Waals surface area contributed by atoms with E-state index in [-0.39, 0.29) is 0 Å². The molecule has 2 aromatic rings. The zero-order valence-corrected chi connectivity index (χ0v) is 16.8. The van der Waals surface area contributed by atoms with E-state index in [0.29, 0.717) is 30.2 Å². The molecule has 4 rings (SSSR count). The zero-order chi connectivity index (χ0) is 20.2. The fourth-order valence-electron chi connectivity index (χ4n) is 4.01. The number of ketones is 1. The topological polar surface area (TPSA) is 53.1 Å². The predicted molar refractivity (Wildman–Crippen MR) is 112 cm³/mol.